The van der Waals surface area contributed by atoms with Gasteiger partial charge in [0.1, 0.15) is 5.82 Å². The van der Waals surface area contributed by atoms with Gasteiger partial charge in [-0.3, -0.25) is 15.0 Å². The van der Waals surface area contributed by atoms with Crippen LogP contribution in [0.25, 0.3) is 0 Å². The molecular weight excluding hydrogens is 301 g/mol. The molecule has 2 atom stereocenters. The zero-order chi connectivity index (χ0) is 16.8. The second-order valence-corrected chi connectivity index (χ2v) is 5.69. The number of carbonyl (C=O) groups excluding carboxylic acids is 2. The van der Waals surface area contributed by atoms with Crippen molar-refractivity contribution >= 4 is 11.9 Å². The Hall–Kier alpha value is -1.99. The maximum absolute atomic E-state index is 13.6. The molecule has 3 amide bonds. The number of rotatable bonds is 5. The molecule has 0 bridgehead atoms. The lowest BCUT2D eigenvalue weighted by Crippen LogP contribution is -2.52. The zero-order valence-electron chi connectivity index (χ0n) is 13.1. The van der Waals surface area contributed by atoms with E-state index in [1.807, 2.05) is 4.90 Å². The van der Waals surface area contributed by atoms with Crippen molar-refractivity contribution in [2.45, 2.75) is 38.5 Å². The van der Waals surface area contributed by atoms with E-state index in [1.165, 1.54) is 6.07 Å². The van der Waals surface area contributed by atoms with Crippen LogP contribution in [0.4, 0.5) is 9.18 Å². The Balaban J connectivity index is 1.87. The largest absolute Gasteiger partial charge is 0.372 e. The Bertz CT molecular complexity index is 567. The van der Waals surface area contributed by atoms with E-state index in [2.05, 4.69) is 5.32 Å². The van der Waals surface area contributed by atoms with Gasteiger partial charge in [-0.1, -0.05) is 18.2 Å². The number of hydrogen-bond acceptors (Lipinski definition) is 4. The van der Waals surface area contributed by atoms with E-state index in [-0.39, 0.29) is 18.5 Å². The van der Waals surface area contributed by atoms with Gasteiger partial charge in [-0.15, -0.1) is 0 Å². The van der Waals surface area contributed by atoms with Crippen LogP contribution >= 0.6 is 0 Å². The van der Waals surface area contributed by atoms with Gasteiger partial charge in [0, 0.05) is 12.1 Å². The number of imide groups is 1. The number of nitrogens with one attached hydrogen (secondary N) is 1. The average Bonchev–Trinajstić information content (AvgIpc) is 2.53. The Kier molecular flexibility index (Phi) is 6.06. The van der Waals surface area contributed by atoms with Crippen LogP contribution in [-0.4, -0.2) is 42.1 Å². The molecule has 2 rings (SSSR count). The molecule has 1 heterocycles. The molecule has 0 aliphatic carbocycles. The van der Waals surface area contributed by atoms with Crippen LogP contribution in [0.3, 0.4) is 0 Å². The van der Waals surface area contributed by atoms with E-state index < -0.39 is 18.0 Å². The van der Waals surface area contributed by atoms with Gasteiger partial charge < -0.3 is 10.5 Å². The summed E-state index contributed by atoms with van der Waals surface area (Å²) < 4.78 is 19.4. The smallest absolute Gasteiger partial charge is 0.318 e. The van der Waals surface area contributed by atoms with Crippen LogP contribution in [0.15, 0.2) is 24.3 Å². The fraction of sp³-hybridized carbons (Fsp3) is 0.500. The molecule has 7 heteroatoms. The number of urea groups is 1. The molecule has 0 unspecified atom stereocenters. The number of benzene rings is 1. The number of carbonyl (C=O) groups is 2. The van der Waals surface area contributed by atoms with Crippen molar-refractivity contribution in [1.82, 2.24) is 10.2 Å². The minimum absolute atomic E-state index is 0.0767. The molecule has 1 aromatic rings. The van der Waals surface area contributed by atoms with Crippen molar-refractivity contribution in [3.8, 4) is 0 Å². The Morgan fingerprint density at radius 2 is 2.22 bits per heavy atom. The van der Waals surface area contributed by atoms with Crippen molar-refractivity contribution in [2.24, 2.45) is 5.73 Å². The predicted octanol–water partition coefficient (Wildman–Crippen LogP) is 1.39. The third-order valence-corrected chi connectivity index (χ3v) is 4.02. The molecule has 0 aromatic heterocycles. The highest BCUT2D eigenvalue weighted by atomic mass is 19.1. The molecule has 0 spiro atoms. The van der Waals surface area contributed by atoms with E-state index in [1.54, 1.807) is 25.1 Å². The van der Waals surface area contributed by atoms with Gasteiger partial charge in [0.2, 0.25) is 5.91 Å². The van der Waals surface area contributed by atoms with Gasteiger partial charge in [-0.2, -0.15) is 0 Å². The summed E-state index contributed by atoms with van der Waals surface area (Å²) in [5.41, 5.74) is 5.48. The molecule has 1 aromatic carbocycles. The number of halogens is 1. The number of amides is 3. The normalized spacial score (nSPS) is 20.0. The van der Waals surface area contributed by atoms with Gasteiger partial charge in [0.05, 0.1) is 18.8 Å². The molecule has 0 radical (unpaired) electrons. The highest BCUT2D eigenvalue weighted by molar-refractivity contribution is 5.96. The maximum Gasteiger partial charge on any atom is 0.318 e. The maximum atomic E-state index is 13.6. The highest BCUT2D eigenvalue weighted by Gasteiger charge is 2.28. The average molecular weight is 323 g/mol. The molecule has 1 fully saturated rings. The van der Waals surface area contributed by atoms with Gasteiger partial charge in [-0.05, 0) is 32.4 Å². The first-order valence-corrected chi connectivity index (χ1v) is 7.66. The standard InChI is InChI=1S/C16H22FN3O3/c1-11(15(21)19-16(18)22)20-8-4-6-13(9-20)23-10-12-5-2-3-7-14(12)17/h2-3,5,7,11,13H,4,6,8-10H2,1H3,(H3,18,19,21,22)/t11-,13+/m1/s1. The van der Waals surface area contributed by atoms with E-state index in [0.29, 0.717) is 12.1 Å². The first kappa shape index (κ1) is 17.4. The zero-order valence-corrected chi connectivity index (χ0v) is 13.1. The fourth-order valence-corrected chi connectivity index (χ4v) is 2.67. The molecule has 1 saturated heterocycles. The topological polar surface area (TPSA) is 84.7 Å². The van der Waals surface area contributed by atoms with Crippen LogP contribution < -0.4 is 11.1 Å². The van der Waals surface area contributed by atoms with E-state index in [4.69, 9.17) is 10.5 Å². The number of piperidine rings is 1. The third kappa shape index (κ3) is 5.01. The van der Waals surface area contributed by atoms with Gasteiger partial charge >= 0.3 is 6.03 Å². The van der Waals surface area contributed by atoms with Crippen LogP contribution in [0, 0.1) is 5.82 Å². The van der Waals surface area contributed by atoms with Gasteiger partial charge in [0.15, 0.2) is 0 Å². The van der Waals surface area contributed by atoms with Crippen molar-refractivity contribution in [3.05, 3.63) is 35.6 Å². The number of ether oxygens (including phenoxy) is 1. The Morgan fingerprint density at radius 1 is 1.48 bits per heavy atom. The van der Waals surface area contributed by atoms with Crippen LogP contribution in [0.5, 0.6) is 0 Å². The number of likely N-dealkylation sites (tertiary alicyclic amines) is 1. The summed E-state index contributed by atoms with van der Waals surface area (Å²) in [7, 11) is 0. The van der Waals surface area contributed by atoms with Gasteiger partial charge in [-0.25, -0.2) is 9.18 Å². The molecule has 0 saturated carbocycles. The Labute approximate surface area is 134 Å². The summed E-state index contributed by atoms with van der Waals surface area (Å²) in [4.78, 5) is 24.5. The predicted molar refractivity (Wildman–Crippen MR) is 83.0 cm³/mol. The number of nitrogens with two attached hydrogens (primary N) is 1. The number of hydrogen-bond donors (Lipinski definition) is 2. The molecule has 1 aliphatic heterocycles. The van der Waals surface area contributed by atoms with Gasteiger partial charge in [0.25, 0.3) is 0 Å². The van der Waals surface area contributed by atoms with Crippen molar-refractivity contribution < 1.29 is 18.7 Å². The SMILES string of the molecule is C[C@H](C(=O)NC(N)=O)N1CCC[C@H](OCc2ccccc2F)C1. The molecule has 23 heavy (non-hydrogen) atoms. The first-order chi connectivity index (χ1) is 11.0. The summed E-state index contributed by atoms with van der Waals surface area (Å²) in [6.45, 7) is 3.22. The van der Waals surface area contributed by atoms with Crippen LogP contribution in [0.2, 0.25) is 0 Å². The lowest BCUT2D eigenvalue weighted by molar-refractivity contribution is -0.126. The van der Waals surface area contributed by atoms with E-state index in [9.17, 15) is 14.0 Å². The van der Waals surface area contributed by atoms with Crippen molar-refractivity contribution in [2.75, 3.05) is 13.1 Å². The second kappa shape index (κ2) is 8.03. The summed E-state index contributed by atoms with van der Waals surface area (Å²) >= 11 is 0. The number of primary amides is 1. The van der Waals surface area contributed by atoms with E-state index in [0.717, 1.165) is 19.4 Å². The van der Waals surface area contributed by atoms with Crippen LogP contribution in [-0.2, 0) is 16.1 Å². The summed E-state index contributed by atoms with van der Waals surface area (Å²) in [5.74, 6) is -0.707. The van der Waals surface area contributed by atoms with E-state index >= 15 is 0 Å². The highest BCUT2D eigenvalue weighted by Crippen LogP contribution is 2.18. The molecule has 1 aliphatic rings. The summed E-state index contributed by atoms with van der Waals surface area (Å²) in [6.07, 6.45) is 1.65. The minimum atomic E-state index is -0.855. The van der Waals surface area contributed by atoms with Crippen molar-refractivity contribution in [3.63, 3.8) is 0 Å². The third-order valence-electron chi connectivity index (χ3n) is 4.02. The molecule has 6 nitrogen and oxygen atoms in total. The lowest BCUT2D eigenvalue weighted by Gasteiger charge is -2.35. The quantitative estimate of drug-likeness (QED) is 0.857. The Morgan fingerprint density at radius 3 is 2.91 bits per heavy atom. The van der Waals surface area contributed by atoms with Crippen molar-refractivity contribution in [1.29, 1.82) is 0 Å². The first-order valence-electron chi connectivity index (χ1n) is 7.66. The number of nitrogens with zero attached hydrogens (tertiary/aromatic N) is 1. The summed E-state index contributed by atoms with van der Waals surface area (Å²) in [6, 6.07) is 5.18. The molecular formula is C16H22FN3O3. The monoisotopic (exact) mass is 323 g/mol. The lowest BCUT2D eigenvalue weighted by atomic mass is 10.1. The van der Waals surface area contributed by atoms with Crippen LogP contribution in [0.1, 0.15) is 25.3 Å². The summed E-state index contributed by atoms with van der Waals surface area (Å²) in [5, 5.41) is 2.09. The minimum Gasteiger partial charge on any atom is -0.372 e. The fourth-order valence-electron chi connectivity index (χ4n) is 2.67. The second-order valence-electron chi connectivity index (χ2n) is 5.69. The molecule has 3 N–H and O–H groups in total. The molecule has 126 valence electrons.